The SMILES string of the molecule is CCCC(C)(C)ON1C(=O)c2ccccc2C1=O. The minimum Gasteiger partial charge on any atom is -0.266 e. The summed E-state index contributed by atoms with van der Waals surface area (Å²) >= 11 is 0. The van der Waals surface area contributed by atoms with Crippen molar-refractivity contribution in [1.29, 1.82) is 0 Å². The van der Waals surface area contributed by atoms with E-state index < -0.39 is 5.60 Å². The number of rotatable bonds is 4. The van der Waals surface area contributed by atoms with Crippen molar-refractivity contribution in [3.63, 3.8) is 0 Å². The van der Waals surface area contributed by atoms with Gasteiger partial charge in [-0.25, -0.2) is 0 Å². The standard InChI is InChI=1S/C14H17NO3/c1-4-9-14(2,3)18-15-12(16)10-7-5-6-8-11(10)13(15)17/h5-8H,4,9H2,1-3H3. The summed E-state index contributed by atoms with van der Waals surface area (Å²) in [6.07, 6.45) is 1.70. The molecular formula is C14H17NO3. The molecule has 96 valence electrons. The van der Waals surface area contributed by atoms with Gasteiger partial charge in [0.25, 0.3) is 11.8 Å². The van der Waals surface area contributed by atoms with Crippen molar-refractivity contribution >= 4 is 11.8 Å². The van der Waals surface area contributed by atoms with E-state index >= 15 is 0 Å². The molecule has 4 heteroatoms. The van der Waals surface area contributed by atoms with Gasteiger partial charge < -0.3 is 0 Å². The summed E-state index contributed by atoms with van der Waals surface area (Å²) < 4.78 is 0. The Morgan fingerprint density at radius 2 is 1.61 bits per heavy atom. The molecule has 4 nitrogen and oxygen atoms in total. The maximum Gasteiger partial charge on any atom is 0.285 e. The molecule has 2 amide bonds. The molecule has 2 rings (SSSR count). The third-order valence-corrected chi connectivity index (χ3v) is 2.95. The lowest BCUT2D eigenvalue weighted by atomic mass is 10.0. The van der Waals surface area contributed by atoms with Gasteiger partial charge in [-0.3, -0.25) is 14.4 Å². The number of nitrogens with zero attached hydrogens (tertiary/aromatic N) is 1. The van der Waals surface area contributed by atoms with Crippen LogP contribution < -0.4 is 0 Å². The van der Waals surface area contributed by atoms with E-state index in [4.69, 9.17) is 4.84 Å². The monoisotopic (exact) mass is 247 g/mol. The fraction of sp³-hybridized carbons (Fsp3) is 0.429. The molecule has 0 atom stereocenters. The first-order valence-corrected chi connectivity index (χ1v) is 6.13. The molecule has 0 radical (unpaired) electrons. The Morgan fingerprint density at radius 1 is 1.11 bits per heavy atom. The summed E-state index contributed by atoms with van der Waals surface area (Å²) in [4.78, 5) is 29.7. The third-order valence-electron chi connectivity index (χ3n) is 2.95. The maximum atomic E-state index is 12.1. The smallest absolute Gasteiger partial charge is 0.266 e. The Morgan fingerprint density at radius 3 is 2.06 bits per heavy atom. The normalized spacial score (nSPS) is 15.2. The van der Waals surface area contributed by atoms with E-state index in [1.165, 1.54) is 0 Å². The van der Waals surface area contributed by atoms with E-state index in [1.54, 1.807) is 24.3 Å². The molecule has 0 bridgehead atoms. The van der Waals surface area contributed by atoms with E-state index in [0.29, 0.717) is 11.1 Å². The molecule has 1 aliphatic rings. The summed E-state index contributed by atoms with van der Waals surface area (Å²) in [5.74, 6) is -0.750. The van der Waals surface area contributed by atoms with Crippen molar-refractivity contribution in [3.05, 3.63) is 35.4 Å². The molecule has 0 spiro atoms. The number of hydroxylamine groups is 2. The van der Waals surface area contributed by atoms with Crippen molar-refractivity contribution in [2.45, 2.75) is 39.2 Å². The molecule has 0 N–H and O–H groups in total. The van der Waals surface area contributed by atoms with Gasteiger partial charge in [0.1, 0.15) is 0 Å². The fourth-order valence-electron chi connectivity index (χ4n) is 2.14. The summed E-state index contributed by atoms with van der Waals surface area (Å²) in [5, 5.41) is 0.889. The molecule has 1 aromatic carbocycles. The molecule has 18 heavy (non-hydrogen) atoms. The number of hydrogen-bond donors (Lipinski definition) is 0. The molecule has 1 heterocycles. The van der Waals surface area contributed by atoms with Gasteiger partial charge in [-0.05, 0) is 32.4 Å². The van der Waals surface area contributed by atoms with Gasteiger partial charge in [0.05, 0.1) is 16.7 Å². The van der Waals surface area contributed by atoms with Crippen LogP contribution in [0.5, 0.6) is 0 Å². The number of imide groups is 1. The first-order valence-electron chi connectivity index (χ1n) is 6.13. The Labute approximate surface area is 106 Å². The number of carbonyl (C=O) groups excluding carboxylic acids is 2. The van der Waals surface area contributed by atoms with Gasteiger partial charge in [0.2, 0.25) is 0 Å². The quantitative estimate of drug-likeness (QED) is 0.768. The highest BCUT2D eigenvalue weighted by atomic mass is 16.7. The zero-order valence-electron chi connectivity index (χ0n) is 10.9. The van der Waals surface area contributed by atoms with Crippen molar-refractivity contribution in [1.82, 2.24) is 5.06 Å². The molecule has 0 fully saturated rings. The van der Waals surface area contributed by atoms with Crippen LogP contribution in [0.15, 0.2) is 24.3 Å². The lowest BCUT2D eigenvalue weighted by Crippen LogP contribution is -2.39. The van der Waals surface area contributed by atoms with Crippen LogP contribution in [0.4, 0.5) is 0 Å². The van der Waals surface area contributed by atoms with Crippen LogP contribution in [0.1, 0.15) is 54.3 Å². The lowest BCUT2D eigenvalue weighted by molar-refractivity contribution is -0.175. The molecule has 1 aromatic rings. The lowest BCUT2D eigenvalue weighted by Gasteiger charge is -2.28. The Hall–Kier alpha value is -1.68. The van der Waals surface area contributed by atoms with Crippen molar-refractivity contribution in [3.8, 4) is 0 Å². The summed E-state index contributed by atoms with van der Waals surface area (Å²) in [5.41, 5.74) is 0.298. The van der Waals surface area contributed by atoms with Gasteiger partial charge >= 0.3 is 0 Å². The molecule has 0 unspecified atom stereocenters. The second-order valence-electron chi connectivity index (χ2n) is 5.05. The highest BCUT2D eigenvalue weighted by Crippen LogP contribution is 2.27. The van der Waals surface area contributed by atoms with Gasteiger partial charge in [-0.2, -0.15) is 0 Å². The fourth-order valence-corrected chi connectivity index (χ4v) is 2.14. The summed E-state index contributed by atoms with van der Waals surface area (Å²) in [6.45, 7) is 5.79. The highest BCUT2D eigenvalue weighted by Gasteiger charge is 2.39. The average molecular weight is 247 g/mol. The van der Waals surface area contributed by atoms with Crippen LogP contribution in [-0.4, -0.2) is 22.5 Å². The van der Waals surface area contributed by atoms with Crippen molar-refractivity contribution in [2.75, 3.05) is 0 Å². The Bertz CT molecular complexity index is 459. The molecule has 0 aliphatic carbocycles. The van der Waals surface area contributed by atoms with Crippen molar-refractivity contribution < 1.29 is 14.4 Å². The van der Waals surface area contributed by atoms with Crippen LogP contribution in [0.2, 0.25) is 0 Å². The Kier molecular flexibility index (Phi) is 3.22. The number of benzene rings is 1. The zero-order valence-corrected chi connectivity index (χ0v) is 10.9. The van der Waals surface area contributed by atoms with Crippen LogP contribution in [0, 0.1) is 0 Å². The first kappa shape index (κ1) is 12.8. The van der Waals surface area contributed by atoms with Gasteiger partial charge in [-0.15, -0.1) is 5.06 Å². The molecule has 0 saturated heterocycles. The largest absolute Gasteiger partial charge is 0.285 e. The van der Waals surface area contributed by atoms with Gasteiger partial charge in [-0.1, -0.05) is 25.5 Å². The van der Waals surface area contributed by atoms with E-state index in [1.807, 2.05) is 20.8 Å². The van der Waals surface area contributed by atoms with E-state index in [-0.39, 0.29) is 11.8 Å². The second-order valence-corrected chi connectivity index (χ2v) is 5.05. The minimum absolute atomic E-state index is 0.375. The predicted molar refractivity (Wildman–Crippen MR) is 67.0 cm³/mol. The van der Waals surface area contributed by atoms with Gasteiger partial charge in [0, 0.05) is 0 Å². The number of hydrogen-bond acceptors (Lipinski definition) is 3. The topological polar surface area (TPSA) is 46.6 Å². The first-order chi connectivity index (χ1) is 8.46. The Balaban J connectivity index is 2.24. The van der Waals surface area contributed by atoms with E-state index in [0.717, 1.165) is 17.9 Å². The maximum absolute atomic E-state index is 12.1. The molecular weight excluding hydrogens is 230 g/mol. The van der Waals surface area contributed by atoms with Crippen LogP contribution >= 0.6 is 0 Å². The van der Waals surface area contributed by atoms with Crippen LogP contribution in [0.3, 0.4) is 0 Å². The van der Waals surface area contributed by atoms with Gasteiger partial charge in [0.15, 0.2) is 0 Å². The number of fused-ring (bicyclic) bond motifs is 1. The predicted octanol–water partition coefficient (Wildman–Crippen LogP) is 2.79. The second kappa shape index (κ2) is 4.53. The summed E-state index contributed by atoms with van der Waals surface area (Å²) in [7, 11) is 0. The van der Waals surface area contributed by atoms with Crippen LogP contribution in [-0.2, 0) is 4.84 Å². The highest BCUT2D eigenvalue weighted by molar-refractivity contribution is 6.20. The van der Waals surface area contributed by atoms with E-state index in [9.17, 15) is 9.59 Å². The molecule has 0 aromatic heterocycles. The zero-order chi connectivity index (χ0) is 13.3. The van der Waals surface area contributed by atoms with E-state index in [2.05, 4.69) is 0 Å². The van der Waals surface area contributed by atoms with Crippen LogP contribution in [0.25, 0.3) is 0 Å². The molecule has 1 aliphatic heterocycles. The summed E-state index contributed by atoms with van der Waals surface area (Å²) in [6, 6.07) is 6.77. The average Bonchev–Trinajstić information content (AvgIpc) is 2.55. The minimum atomic E-state index is -0.526. The third kappa shape index (κ3) is 2.16. The number of carbonyl (C=O) groups is 2. The molecule has 0 saturated carbocycles. The van der Waals surface area contributed by atoms with Crippen molar-refractivity contribution in [2.24, 2.45) is 0 Å². The number of amides is 2.